The Balaban J connectivity index is 1.61. The van der Waals surface area contributed by atoms with E-state index >= 15 is 0 Å². The fourth-order valence-corrected chi connectivity index (χ4v) is 2.28. The van der Waals surface area contributed by atoms with Crippen molar-refractivity contribution in [1.29, 1.82) is 0 Å². The molecule has 5 nitrogen and oxygen atoms in total. The van der Waals surface area contributed by atoms with Gasteiger partial charge in [-0.3, -0.25) is 4.79 Å². The van der Waals surface area contributed by atoms with Crippen LogP contribution in [0.2, 0.25) is 0 Å². The number of methoxy groups -OCH3 is 1. The van der Waals surface area contributed by atoms with Gasteiger partial charge in [0.1, 0.15) is 5.75 Å². The van der Waals surface area contributed by atoms with Crippen molar-refractivity contribution in [2.45, 2.75) is 12.8 Å². The monoisotopic (exact) mass is 353 g/mol. The van der Waals surface area contributed by atoms with E-state index in [0.717, 1.165) is 24.2 Å². The Morgan fingerprint density at radius 3 is 2.46 bits per heavy atom. The standard InChI is InChI=1S/C21H23NO4/c1-25-19-12-9-18(10-13-19)11-14-21(24)26-16-20(23)22-15-5-8-17-6-3-2-4-7-17/h2-4,6-7,9-14H,5,8,15-16H2,1H3,(H,22,23)/b14-11+. The molecule has 0 radical (unpaired) electrons. The summed E-state index contributed by atoms with van der Waals surface area (Å²) in [6.45, 7) is 0.268. The first-order valence-electron chi connectivity index (χ1n) is 8.47. The lowest BCUT2D eigenvalue weighted by molar-refractivity contribution is -0.143. The summed E-state index contributed by atoms with van der Waals surface area (Å²) < 4.78 is 9.99. The molecule has 0 unspecified atom stereocenters. The number of hydrogen-bond donors (Lipinski definition) is 1. The van der Waals surface area contributed by atoms with Crippen LogP contribution >= 0.6 is 0 Å². The lowest BCUT2D eigenvalue weighted by Crippen LogP contribution is -2.29. The van der Waals surface area contributed by atoms with Crippen molar-refractivity contribution in [2.24, 2.45) is 0 Å². The zero-order chi connectivity index (χ0) is 18.6. The second kappa shape index (κ2) is 10.7. The number of ether oxygens (including phenoxy) is 2. The SMILES string of the molecule is COc1ccc(/C=C/C(=O)OCC(=O)NCCCc2ccccc2)cc1. The molecule has 26 heavy (non-hydrogen) atoms. The summed E-state index contributed by atoms with van der Waals surface area (Å²) >= 11 is 0. The van der Waals surface area contributed by atoms with E-state index in [9.17, 15) is 9.59 Å². The van der Waals surface area contributed by atoms with Gasteiger partial charge in [-0.2, -0.15) is 0 Å². The first kappa shape index (κ1) is 19.2. The van der Waals surface area contributed by atoms with E-state index in [2.05, 4.69) is 17.4 Å². The van der Waals surface area contributed by atoms with Crippen LogP contribution in [0.4, 0.5) is 0 Å². The number of carbonyl (C=O) groups excluding carboxylic acids is 2. The fraction of sp³-hybridized carbons (Fsp3) is 0.238. The van der Waals surface area contributed by atoms with Crippen molar-refractivity contribution in [2.75, 3.05) is 20.3 Å². The highest BCUT2D eigenvalue weighted by Crippen LogP contribution is 2.12. The molecule has 2 rings (SSSR count). The molecule has 0 aliphatic heterocycles. The lowest BCUT2D eigenvalue weighted by Gasteiger charge is -2.05. The molecule has 1 N–H and O–H groups in total. The lowest BCUT2D eigenvalue weighted by atomic mass is 10.1. The Kier molecular flexibility index (Phi) is 7.93. The zero-order valence-corrected chi connectivity index (χ0v) is 14.8. The molecule has 0 aliphatic rings. The number of aryl methyl sites for hydroxylation is 1. The number of esters is 1. The van der Waals surface area contributed by atoms with Gasteiger partial charge in [0.2, 0.25) is 0 Å². The molecular formula is C21H23NO4. The van der Waals surface area contributed by atoms with Crippen molar-refractivity contribution in [3.05, 3.63) is 71.8 Å². The maximum atomic E-state index is 11.7. The third-order valence-electron chi connectivity index (χ3n) is 3.68. The number of nitrogens with one attached hydrogen (secondary N) is 1. The average Bonchev–Trinajstić information content (AvgIpc) is 2.69. The van der Waals surface area contributed by atoms with Crippen molar-refractivity contribution in [1.82, 2.24) is 5.32 Å². The molecule has 0 aliphatic carbocycles. The molecule has 0 spiro atoms. The number of carbonyl (C=O) groups is 2. The Bertz CT molecular complexity index is 723. The number of benzene rings is 2. The van der Waals surface area contributed by atoms with E-state index in [1.165, 1.54) is 11.6 Å². The van der Waals surface area contributed by atoms with Gasteiger partial charge in [0.15, 0.2) is 6.61 Å². The van der Waals surface area contributed by atoms with E-state index in [1.807, 2.05) is 30.3 Å². The summed E-state index contributed by atoms with van der Waals surface area (Å²) in [5.41, 5.74) is 2.07. The molecule has 0 saturated heterocycles. The normalized spacial score (nSPS) is 10.5. The molecule has 0 saturated carbocycles. The second-order valence-corrected chi connectivity index (χ2v) is 5.65. The van der Waals surface area contributed by atoms with Gasteiger partial charge in [0.05, 0.1) is 7.11 Å². The van der Waals surface area contributed by atoms with E-state index in [1.54, 1.807) is 25.3 Å². The van der Waals surface area contributed by atoms with Crippen LogP contribution < -0.4 is 10.1 Å². The van der Waals surface area contributed by atoms with Crippen molar-refractivity contribution in [3.8, 4) is 5.75 Å². The molecule has 2 aromatic carbocycles. The summed E-state index contributed by atoms with van der Waals surface area (Å²) in [5, 5.41) is 2.74. The Morgan fingerprint density at radius 2 is 1.77 bits per heavy atom. The summed E-state index contributed by atoms with van der Waals surface area (Å²) in [4.78, 5) is 23.3. The van der Waals surface area contributed by atoms with E-state index in [-0.39, 0.29) is 12.5 Å². The largest absolute Gasteiger partial charge is 0.497 e. The fourth-order valence-electron chi connectivity index (χ4n) is 2.28. The molecule has 0 heterocycles. The van der Waals surface area contributed by atoms with Gasteiger partial charge < -0.3 is 14.8 Å². The smallest absolute Gasteiger partial charge is 0.331 e. The Hall–Kier alpha value is -3.08. The Morgan fingerprint density at radius 1 is 1.04 bits per heavy atom. The van der Waals surface area contributed by atoms with Crippen LogP contribution in [-0.2, 0) is 20.7 Å². The van der Waals surface area contributed by atoms with Crippen molar-refractivity contribution < 1.29 is 19.1 Å². The molecule has 0 atom stereocenters. The first-order valence-corrected chi connectivity index (χ1v) is 8.47. The number of hydrogen-bond acceptors (Lipinski definition) is 4. The summed E-state index contributed by atoms with van der Waals surface area (Å²) in [6, 6.07) is 17.3. The summed E-state index contributed by atoms with van der Waals surface area (Å²) in [6.07, 6.45) is 4.65. The van der Waals surface area contributed by atoms with E-state index in [0.29, 0.717) is 6.54 Å². The minimum absolute atomic E-state index is 0.281. The third kappa shape index (κ3) is 7.21. The summed E-state index contributed by atoms with van der Waals surface area (Å²) in [7, 11) is 1.59. The van der Waals surface area contributed by atoms with Gasteiger partial charge in [0.25, 0.3) is 5.91 Å². The van der Waals surface area contributed by atoms with Gasteiger partial charge in [-0.1, -0.05) is 42.5 Å². The van der Waals surface area contributed by atoms with Crippen LogP contribution in [0.3, 0.4) is 0 Å². The number of amides is 1. The first-order chi connectivity index (χ1) is 12.7. The van der Waals surface area contributed by atoms with Crippen LogP contribution in [-0.4, -0.2) is 32.1 Å². The maximum absolute atomic E-state index is 11.7. The highest BCUT2D eigenvalue weighted by Gasteiger charge is 2.04. The van der Waals surface area contributed by atoms with Gasteiger partial charge in [-0.25, -0.2) is 4.79 Å². The zero-order valence-electron chi connectivity index (χ0n) is 14.8. The van der Waals surface area contributed by atoms with E-state index < -0.39 is 5.97 Å². The van der Waals surface area contributed by atoms with Crippen molar-refractivity contribution in [3.63, 3.8) is 0 Å². The molecular weight excluding hydrogens is 330 g/mol. The Labute approximate surface area is 153 Å². The topological polar surface area (TPSA) is 64.6 Å². The van der Waals surface area contributed by atoms with Crippen molar-refractivity contribution >= 4 is 18.0 Å². The number of rotatable bonds is 9. The predicted octanol–water partition coefficient (Wildman–Crippen LogP) is 3.00. The van der Waals surface area contributed by atoms with Crippen LogP contribution in [0.15, 0.2) is 60.7 Å². The quantitative estimate of drug-likeness (QED) is 0.428. The molecule has 1 amide bonds. The van der Waals surface area contributed by atoms with Gasteiger partial charge in [0, 0.05) is 12.6 Å². The second-order valence-electron chi connectivity index (χ2n) is 5.65. The molecule has 0 aromatic heterocycles. The molecule has 0 fully saturated rings. The van der Waals surface area contributed by atoms with E-state index in [4.69, 9.17) is 9.47 Å². The van der Waals surface area contributed by atoms with Crippen LogP contribution in [0.5, 0.6) is 5.75 Å². The summed E-state index contributed by atoms with van der Waals surface area (Å²) in [5.74, 6) is -0.113. The molecule has 0 bridgehead atoms. The minimum Gasteiger partial charge on any atom is -0.497 e. The highest BCUT2D eigenvalue weighted by molar-refractivity contribution is 5.89. The molecule has 2 aromatic rings. The van der Waals surface area contributed by atoms with Gasteiger partial charge >= 0.3 is 5.97 Å². The molecule has 5 heteroatoms. The average molecular weight is 353 g/mol. The van der Waals surface area contributed by atoms with Gasteiger partial charge in [-0.15, -0.1) is 0 Å². The molecule has 136 valence electrons. The van der Waals surface area contributed by atoms with Crippen LogP contribution in [0.25, 0.3) is 6.08 Å². The third-order valence-corrected chi connectivity index (χ3v) is 3.68. The van der Waals surface area contributed by atoms with Crippen LogP contribution in [0.1, 0.15) is 17.5 Å². The van der Waals surface area contributed by atoms with Gasteiger partial charge in [-0.05, 0) is 42.2 Å². The van der Waals surface area contributed by atoms with Crippen LogP contribution in [0, 0.1) is 0 Å². The predicted molar refractivity (Wildman–Crippen MR) is 101 cm³/mol. The minimum atomic E-state index is -0.555. The maximum Gasteiger partial charge on any atom is 0.331 e. The highest BCUT2D eigenvalue weighted by atomic mass is 16.5.